The van der Waals surface area contributed by atoms with Crippen LogP contribution in [0.5, 0.6) is 5.75 Å². The molecule has 1 aliphatic carbocycles. The maximum Gasteiger partial charge on any atom is 0.307 e. The molecule has 1 saturated heterocycles. The summed E-state index contributed by atoms with van der Waals surface area (Å²) in [6.07, 6.45) is 4.63. The molecular weight excluding hydrogens is 306 g/mol. The zero-order chi connectivity index (χ0) is 16.8. The molecule has 3 rings (SSSR count). The molecule has 0 radical (unpaired) electrons. The zero-order valence-electron chi connectivity index (χ0n) is 14.4. The lowest BCUT2D eigenvalue weighted by Gasteiger charge is -2.37. The summed E-state index contributed by atoms with van der Waals surface area (Å²) in [5.41, 5.74) is 0.955. The van der Waals surface area contributed by atoms with Crippen LogP contribution in [-0.4, -0.2) is 38.4 Å². The first-order valence-corrected chi connectivity index (χ1v) is 8.80. The first-order valence-electron chi connectivity index (χ1n) is 8.80. The molecule has 5 nitrogen and oxygen atoms in total. The summed E-state index contributed by atoms with van der Waals surface area (Å²) < 4.78 is 16.1. The molecule has 132 valence electrons. The fraction of sp³-hybridized carbons (Fsp3) is 0.632. The van der Waals surface area contributed by atoms with Crippen LogP contribution in [0.3, 0.4) is 0 Å². The van der Waals surface area contributed by atoms with E-state index in [1.54, 1.807) is 0 Å². The molecule has 1 aliphatic heterocycles. The van der Waals surface area contributed by atoms with Crippen molar-refractivity contribution < 1.29 is 19.0 Å². The lowest BCUT2D eigenvalue weighted by atomic mass is 9.86. The summed E-state index contributed by atoms with van der Waals surface area (Å²) in [6, 6.07) is 8.22. The monoisotopic (exact) mass is 333 g/mol. The third kappa shape index (κ3) is 4.95. The van der Waals surface area contributed by atoms with E-state index >= 15 is 0 Å². The lowest BCUT2D eigenvalue weighted by Crippen LogP contribution is -2.50. The highest BCUT2D eigenvalue weighted by Gasteiger charge is 2.34. The van der Waals surface area contributed by atoms with Crippen LogP contribution in [0.1, 0.15) is 37.7 Å². The molecule has 0 unspecified atom stereocenters. The van der Waals surface area contributed by atoms with Gasteiger partial charge in [0.2, 0.25) is 0 Å². The van der Waals surface area contributed by atoms with Crippen molar-refractivity contribution in [3.8, 4) is 5.75 Å². The normalized spacial score (nSPS) is 19.7. The van der Waals surface area contributed by atoms with E-state index in [1.807, 2.05) is 12.1 Å². The van der Waals surface area contributed by atoms with Crippen LogP contribution in [0.4, 0.5) is 0 Å². The molecule has 1 aromatic carbocycles. The van der Waals surface area contributed by atoms with Crippen molar-refractivity contribution in [2.24, 2.45) is 5.92 Å². The Morgan fingerprint density at radius 3 is 2.58 bits per heavy atom. The van der Waals surface area contributed by atoms with E-state index in [4.69, 9.17) is 14.2 Å². The summed E-state index contributed by atoms with van der Waals surface area (Å²) >= 11 is 0. The quantitative estimate of drug-likeness (QED) is 0.741. The van der Waals surface area contributed by atoms with Crippen LogP contribution in [0.15, 0.2) is 24.3 Å². The standard InChI is InChI=1S/C19H27NO4/c1-22-18(21)12-19(8-10-23-11-9-19)20-13-15-4-6-17(7-5-15)24-14-16-2-3-16/h4-7,16,20H,2-3,8-14H2,1H3. The van der Waals surface area contributed by atoms with E-state index in [0.717, 1.165) is 37.7 Å². The average molecular weight is 333 g/mol. The van der Waals surface area contributed by atoms with E-state index in [2.05, 4.69) is 17.4 Å². The number of esters is 1. The van der Waals surface area contributed by atoms with Gasteiger partial charge in [0.1, 0.15) is 5.75 Å². The van der Waals surface area contributed by atoms with Crippen molar-refractivity contribution in [3.05, 3.63) is 29.8 Å². The Balaban J connectivity index is 1.53. The van der Waals surface area contributed by atoms with E-state index in [-0.39, 0.29) is 11.5 Å². The Labute approximate surface area is 143 Å². The molecule has 0 atom stereocenters. The number of hydrogen-bond acceptors (Lipinski definition) is 5. The van der Waals surface area contributed by atoms with Crippen LogP contribution in [0, 0.1) is 5.92 Å². The molecule has 1 heterocycles. The van der Waals surface area contributed by atoms with Gasteiger partial charge in [-0.3, -0.25) is 4.79 Å². The van der Waals surface area contributed by atoms with Crippen LogP contribution >= 0.6 is 0 Å². The van der Waals surface area contributed by atoms with E-state index in [1.165, 1.54) is 25.5 Å². The molecule has 0 bridgehead atoms. The highest BCUT2D eigenvalue weighted by Crippen LogP contribution is 2.29. The van der Waals surface area contributed by atoms with Gasteiger partial charge in [0.05, 0.1) is 20.1 Å². The highest BCUT2D eigenvalue weighted by molar-refractivity contribution is 5.70. The minimum Gasteiger partial charge on any atom is -0.493 e. The fourth-order valence-corrected chi connectivity index (χ4v) is 3.02. The first-order chi connectivity index (χ1) is 11.7. The van der Waals surface area contributed by atoms with Gasteiger partial charge >= 0.3 is 5.97 Å². The predicted octanol–water partition coefficient (Wildman–Crippen LogP) is 2.68. The Hall–Kier alpha value is -1.59. The van der Waals surface area contributed by atoms with Gasteiger partial charge in [0.15, 0.2) is 0 Å². The molecule has 1 N–H and O–H groups in total. The first kappa shape index (κ1) is 17.2. The number of methoxy groups -OCH3 is 1. The summed E-state index contributed by atoms with van der Waals surface area (Å²) in [6.45, 7) is 2.91. The van der Waals surface area contributed by atoms with Crippen molar-refractivity contribution in [3.63, 3.8) is 0 Å². The Morgan fingerprint density at radius 2 is 1.96 bits per heavy atom. The maximum atomic E-state index is 11.8. The summed E-state index contributed by atoms with van der Waals surface area (Å²) in [5, 5.41) is 3.57. The van der Waals surface area contributed by atoms with Crippen molar-refractivity contribution in [2.75, 3.05) is 26.9 Å². The molecule has 24 heavy (non-hydrogen) atoms. The second-order valence-electron chi connectivity index (χ2n) is 6.90. The Morgan fingerprint density at radius 1 is 1.25 bits per heavy atom. The number of rotatable bonds is 8. The van der Waals surface area contributed by atoms with Crippen LogP contribution in [0.2, 0.25) is 0 Å². The number of carbonyl (C=O) groups excluding carboxylic acids is 1. The number of ether oxygens (including phenoxy) is 3. The fourth-order valence-electron chi connectivity index (χ4n) is 3.02. The molecule has 2 fully saturated rings. The third-order valence-electron chi connectivity index (χ3n) is 4.93. The summed E-state index contributed by atoms with van der Waals surface area (Å²) in [7, 11) is 1.44. The van der Waals surface area contributed by atoms with Crippen molar-refractivity contribution in [1.29, 1.82) is 0 Å². The SMILES string of the molecule is COC(=O)CC1(NCc2ccc(OCC3CC3)cc2)CCOCC1. The van der Waals surface area contributed by atoms with Crippen LogP contribution in [0.25, 0.3) is 0 Å². The average Bonchev–Trinajstić information content (AvgIpc) is 3.44. The minimum absolute atomic E-state index is 0.173. The van der Waals surface area contributed by atoms with Gasteiger partial charge in [-0.25, -0.2) is 0 Å². The van der Waals surface area contributed by atoms with Crippen LogP contribution < -0.4 is 10.1 Å². The van der Waals surface area contributed by atoms with Gasteiger partial charge in [-0.2, -0.15) is 0 Å². The zero-order valence-corrected chi connectivity index (χ0v) is 14.4. The lowest BCUT2D eigenvalue weighted by molar-refractivity contribution is -0.143. The molecular formula is C19H27NO4. The Kier molecular flexibility index (Phi) is 5.74. The van der Waals surface area contributed by atoms with Gasteiger partial charge in [0.25, 0.3) is 0 Å². The molecule has 1 aromatic rings. The van der Waals surface area contributed by atoms with Gasteiger partial charge in [0, 0.05) is 25.3 Å². The number of hydrogen-bond donors (Lipinski definition) is 1. The molecule has 0 aromatic heterocycles. The van der Waals surface area contributed by atoms with E-state index < -0.39 is 0 Å². The largest absolute Gasteiger partial charge is 0.493 e. The minimum atomic E-state index is -0.230. The maximum absolute atomic E-state index is 11.8. The van der Waals surface area contributed by atoms with Crippen LogP contribution in [-0.2, 0) is 20.8 Å². The number of carbonyl (C=O) groups is 1. The van der Waals surface area contributed by atoms with E-state index in [9.17, 15) is 4.79 Å². The smallest absolute Gasteiger partial charge is 0.307 e. The van der Waals surface area contributed by atoms with Crippen molar-refractivity contribution in [1.82, 2.24) is 5.32 Å². The van der Waals surface area contributed by atoms with Crippen molar-refractivity contribution >= 4 is 5.97 Å². The molecule has 5 heteroatoms. The second kappa shape index (κ2) is 7.99. The molecule has 2 aliphatic rings. The second-order valence-corrected chi connectivity index (χ2v) is 6.90. The number of nitrogens with one attached hydrogen (secondary N) is 1. The predicted molar refractivity (Wildman–Crippen MR) is 90.9 cm³/mol. The molecule has 1 saturated carbocycles. The van der Waals surface area contributed by atoms with Gasteiger partial charge in [-0.1, -0.05) is 12.1 Å². The third-order valence-corrected chi connectivity index (χ3v) is 4.93. The highest BCUT2D eigenvalue weighted by atomic mass is 16.5. The van der Waals surface area contributed by atoms with Gasteiger partial charge in [-0.05, 0) is 49.3 Å². The topological polar surface area (TPSA) is 56.8 Å². The number of benzene rings is 1. The Bertz CT molecular complexity index is 533. The van der Waals surface area contributed by atoms with E-state index in [0.29, 0.717) is 19.6 Å². The molecule has 0 spiro atoms. The summed E-state index contributed by atoms with van der Waals surface area (Å²) in [4.78, 5) is 11.8. The molecule has 0 amide bonds. The van der Waals surface area contributed by atoms with Gasteiger partial charge < -0.3 is 19.5 Å². The van der Waals surface area contributed by atoms with Gasteiger partial charge in [-0.15, -0.1) is 0 Å². The summed E-state index contributed by atoms with van der Waals surface area (Å²) in [5.74, 6) is 1.52. The van der Waals surface area contributed by atoms with Crippen molar-refractivity contribution in [2.45, 2.75) is 44.2 Å².